The zero-order valence-corrected chi connectivity index (χ0v) is 15.4. The van der Waals surface area contributed by atoms with Crippen LogP contribution in [0.2, 0.25) is 0 Å². The molecule has 0 aliphatic heterocycles. The lowest BCUT2D eigenvalue weighted by atomic mass is 9.89. The number of hydrogen-bond acceptors (Lipinski definition) is 7. The number of carbonyl (C=O) groups excluding carboxylic acids is 1. The highest BCUT2D eigenvalue weighted by Gasteiger charge is 2.14. The molecular formula is C17H22N4O2S. The van der Waals surface area contributed by atoms with Gasteiger partial charge in [0.1, 0.15) is 12.4 Å². The van der Waals surface area contributed by atoms with Gasteiger partial charge < -0.3 is 10.5 Å². The van der Waals surface area contributed by atoms with Crippen LogP contribution in [0.25, 0.3) is 0 Å². The minimum Gasteiger partial charge on any atom is -0.461 e. The maximum Gasteiger partial charge on any atom is 0.302 e. The van der Waals surface area contributed by atoms with E-state index in [1.807, 2.05) is 27.7 Å². The number of anilines is 2. The van der Waals surface area contributed by atoms with Crippen LogP contribution in [0.4, 0.5) is 10.9 Å². The molecule has 2 aromatic rings. The summed E-state index contributed by atoms with van der Waals surface area (Å²) in [4.78, 5) is 15.2. The van der Waals surface area contributed by atoms with Crippen molar-refractivity contribution in [3.8, 4) is 0 Å². The lowest BCUT2D eigenvalue weighted by molar-refractivity contribution is -0.142. The molecule has 24 heavy (non-hydrogen) atoms. The molecule has 0 bridgehead atoms. The predicted molar refractivity (Wildman–Crippen MR) is 98.6 cm³/mol. The normalized spacial score (nSPS) is 11.0. The Morgan fingerprint density at radius 3 is 2.42 bits per heavy atom. The molecule has 0 radical (unpaired) electrons. The summed E-state index contributed by atoms with van der Waals surface area (Å²) in [6.45, 7) is 9.87. The molecule has 6 nitrogen and oxygen atoms in total. The number of nitrogens with two attached hydrogens (primary N) is 1. The SMILES string of the molecule is CC(=O)OCc1c(C)c(C)c(C=NNc2nc(N)cs2)c(C)c1C. The largest absolute Gasteiger partial charge is 0.461 e. The van der Waals surface area contributed by atoms with E-state index in [1.165, 1.54) is 18.3 Å². The van der Waals surface area contributed by atoms with Gasteiger partial charge >= 0.3 is 5.97 Å². The third kappa shape index (κ3) is 3.91. The second-order valence-corrected chi connectivity index (χ2v) is 6.48. The second-order valence-electron chi connectivity index (χ2n) is 5.62. The minimum absolute atomic E-state index is 0.276. The number of nitrogen functional groups attached to an aromatic ring is 1. The summed E-state index contributed by atoms with van der Waals surface area (Å²) in [6, 6.07) is 0. The first kappa shape index (κ1) is 17.9. The number of ether oxygens (including phenoxy) is 1. The smallest absolute Gasteiger partial charge is 0.302 e. The molecule has 0 saturated carbocycles. The van der Waals surface area contributed by atoms with E-state index < -0.39 is 0 Å². The lowest BCUT2D eigenvalue weighted by Crippen LogP contribution is -2.08. The van der Waals surface area contributed by atoms with E-state index in [-0.39, 0.29) is 5.97 Å². The fourth-order valence-corrected chi connectivity index (χ4v) is 3.04. The molecule has 0 fully saturated rings. The molecule has 3 N–H and O–H groups in total. The van der Waals surface area contributed by atoms with E-state index in [4.69, 9.17) is 10.5 Å². The number of aromatic nitrogens is 1. The average Bonchev–Trinajstić information content (AvgIpc) is 2.94. The highest BCUT2D eigenvalue weighted by Crippen LogP contribution is 2.26. The number of carbonyl (C=O) groups is 1. The summed E-state index contributed by atoms with van der Waals surface area (Å²) in [5, 5.41) is 6.67. The van der Waals surface area contributed by atoms with Crippen molar-refractivity contribution in [1.82, 2.24) is 4.98 Å². The number of hydrogen-bond donors (Lipinski definition) is 2. The third-order valence-corrected chi connectivity index (χ3v) is 4.90. The Hall–Kier alpha value is -2.41. The summed E-state index contributed by atoms with van der Waals surface area (Å²) < 4.78 is 5.18. The Kier molecular flexibility index (Phi) is 5.56. The van der Waals surface area contributed by atoms with E-state index in [0.29, 0.717) is 17.6 Å². The zero-order valence-electron chi connectivity index (χ0n) is 14.6. The Balaban J connectivity index is 2.28. The topological polar surface area (TPSA) is 89.6 Å². The van der Waals surface area contributed by atoms with Crippen molar-refractivity contribution in [3.05, 3.63) is 38.8 Å². The van der Waals surface area contributed by atoms with Gasteiger partial charge in [-0.25, -0.2) is 4.98 Å². The number of hydrazone groups is 1. The van der Waals surface area contributed by atoms with Crippen LogP contribution in [0.5, 0.6) is 0 Å². The molecule has 1 aromatic carbocycles. The van der Waals surface area contributed by atoms with Crippen LogP contribution in [-0.2, 0) is 16.1 Å². The molecule has 0 unspecified atom stereocenters. The second kappa shape index (κ2) is 7.44. The Labute approximate surface area is 145 Å². The molecular weight excluding hydrogens is 324 g/mol. The van der Waals surface area contributed by atoms with Crippen LogP contribution in [0.15, 0.2) is 10.5 Å². The standard InChI is InChI=1S/C17H22N4O2S/c1-9-11(3)15(7-23-13(5)22)12(4)10(2)14(9)6-19-21-17-20-16(18)8-24-17/h6,8H,7,18H2,1-5H3,(H,20,21). The van der Waals surface area contributed by atoms with Crippen LogP contribution < -0.4 is 11.2 Å². The molecule has 1 heterocycles. The van der Waals surface area contributed by atoms with E-state index in [0.717, 1.165) is 33.4 Å². The molecule has 0 atom stereocenters. The molecule has 0 aliphatic carbocycles. The number of thiazole rings is 1. The van der Waals surface area contributed by atoms with Gasteiger partial charge in [0.15, 0.2) is 0 Å². The molecule has 0 saturated heterocycles. The Morgan fingerprint density at radius 1 is 1.29 bits per heavy atom. The zero-order chi connectivity index (χ0) is 17.9. The first-order valence-electron chi connectivity index (χ1n) is 7.54. The summed E-state index contributed by atoms with van der Waals surface area (Å²) in [7, 11) is 0. The van der Waals surface area contributed by atoms with Crippen LogP contribution in [0.3, 0.4) is 0 Å². The number of nitrogens with one attached hydrogen (secondary N) is 1. The molecule has 0 spiro atoms. The van der Waals surface area contributed by atoms with Gasteiger partial charge in [-0.15, -0.1) is 11.3 Å². The van der Waals surface area contributed by atoms with Crippen LogP contribution >= 0.6 is 11.3 Å². The van der Waals surface area contributed by atoms with Crippen molar-refractivity contribution >= 4 is 34.5 Å². The summed E-state index contributed by atoms with van der Waals surface area (Å²) in [6.07, 6.45) is 1.79. The Bertz CT molecular complexity index is 767. The maximum atomic E-state index is 11.1. The third-order valence-electron chi connectivity index (χ3n) is 4.13. The van der Waals surface area contributed by atoms with Gasteiger partial charge in [-0.1, -0.05) is 0 Å². The van der Waals surface area contributed by atoms with Gasteiger partial charge in [0.2, 0.25) is 5.13 Å². The highest BCUT2D eigenvalue weighted by atomic mass is 32.1. The first-order valence-corrected chi connectivity index (χ1v) is 8.42. The fraction of sp³-hybridized carbons (Fsp3) is 0.353. The van der Waals surface area contributed by atoms with Crippen LogP contribution in [-0.4, -0.2) is 17.2 Å². The molecule has 2 rings (SSSR count). The van der Waals surface area contributed by atoms with Crippen LogP contribution in [0, 0.1) is 27.7 Å². The van der Waals surface area contributed by atoms with Gasteiger partial charge in [0.25, 0.3) is 0 Å². The predicted octanol–water partition coefficient (Wildman–Crippen LogP) is 3.47. The lowest BCUT2D eigenvalue weighted by Gasteiger charge is -2.18. The number of esters is 1. The quantitative estimate of drug-likeness (QED) is 0.491. The van der Waals surface area contributed by atoms with Crippen LogP contribution in [0.1, 0.15) is 40.3 Å². The van der Waals surface area contributed by atoms with Gasteiger partial charge in [0, 0.05) is 17.9 Å². The molecule has 7 heteroatoms. The van der Waals surface area contributed by atoms with E-state index in [9.17, 15) is 4.79 Å². The van der Waals surface area contributed by atoms with Crippen molar-refractivity contribution in [2.45, 2.75) is 41.2 Å². The molecule has 128 valence electrons. The summed E-state index contributed by atoms with van der Waals surface area (Å²) in [5.74, 6) is 0.202. The van der Waals surface area contributed by atoms with Gasteiger partial charge in [0.05, 0.1) is 6.21 Å². The minimum atomic E-state index is -0.276. The van der Waals surface area contributed by atoms with Crippen molar-refractivity contribution in [2.24, 2.45) is 5.10 Å². The van der Waals surface area contributed by atoms with Crippen molar-refractivity contribution < 1.29 is 9.53 Å². The Morgan fingerprint density at radius 2 is 1.92 bits per heavy atom. The van der Waals surface area contributed by atoms with Gasteiger partial charge in [-0.2, -0.15) is 5.10 Å². The highest BCUT2D eigenvalue weighted by molar-refractivity contribution is 7.14. The number of rotatable bonds is 5. The van der Waals surface area contributed by atoms with Gasteiger partial charge in [-0.3, -0.25) is 10.2 Å². The summed E-state index contributed by atoms with van der Waals surface area (Å²) in [5.41, 5.74) is 15.0. The molecule has 0 aliphatic rings. The van der Waals surface area contributed by atoms with E-state index in [2.05, 4.69) is 15.5 Å². The monoisotopic (exact) mass is 346 g/mol. The number of nitrogens with zero attached hydrogens (tertiary/aromatic N) is 2. The van der Waals surface area contributed by atoms with Crippen molar-refractivity contribution in [1.29, 1.82) is 0 Å². The summed E-state index contributed by atoms with van der Waals surface area (Å²) >= 11 is 1.40. The maximum absolute atomic E-state index is 11.1. The van der Waals surface area contributed by atoms with E-state index in [1.54, 1.807) is 11.6 Å². The van der Waals surface area contributed by atoms with E-state index >= 15 is 0 Å². The average molecular weight is 346 g/mol. The van der Waals surface area contributed by atoms with Crippen molar-refractivity contribution in [2.75, 3.05) is 11.2 Å². The van der Waals surface area contributed by atoms with Gasteiger partial charge in [-0.05, 0) is 55.5 Å². The molecule has 0 amide bonds. The number of benzene rings is 1. The molecule has 1 aromatic heterocycles. The fourth-order valence-electron chi connectivity index (χ4n) is 2.49. The first-order chi connectivity index (χ1) is 11.3. The van der Waals surface area contributed by atoms with Crippen molar-refractivity contribution in [3.63, 3.8) is 0 Å².